The molecule has 7 nitrogen and oxygen atoms in total. The van der Waals surface area contributed by atoms with Crippen LogP contribution in [-0.4, -0.2) is 56.1 Å². The first-order chi connectivity index (χ1) is 11.8. The molecule has 1 N–H and O–H groups in total. The summed E-state index contributed by atoms with van der Waals surface area (Å²) in [7, 11) is 1.57. The number of methoxy groups -OCH3 is 1. The number of rotatable bonds is 5. The van der Waals surface area contributed by atoms with Crippen LogP contribution in [-0.2, 0) is 9.53 Å². The lowest BCUT2D eigenvalue weighted by molar-refractivity contribution is -0.125. The van der Waals surface area contributed by atoms with E-state index in [1.807, 2.05) is 6.07 Å². The third-order valence-corrected chi connectivity index (χ3v) is 4.86. The van der Waals surface area contributed by atoms with Gasteiger partial charge >= 0.3 is 0 Å². The highest BCUT2D eigenvalue weighted by molar-refractivity contribution is 5.79. The molecule has 0 radical (unpaired) electrons. The molecule has 132 valence electrons. The first-order valence-corrected chi connectivity index (χ1v) is 8.74. The maximum atomic E-state index is 12.5. The molecule has 0 bridgehead atoms. The Morgan fingerprint density at radius 3 is 2.88 bits per heavy atom. The second kappa shape index (κ2) is 8.28. The van der Waals surface area contributed by atoms with Crippen molar-refractivity contribution in [3.8, 4) is 5.88 Å². The van der Waals surface area contributed by atoms with E-state index >= 15 is 0 Å². The van der Waals surface area contributed by atoms with Crippen molar-refractivity contribution < 1.29 is 14.3 Å². The van der Waals surface area contributed by atoms with Crippen LogP contribution in [0.15, 0.2) is 12.1 Å². The van der Waals surface area contributed by atoms with E-state index in [2.05, 4.69) is 20.4 Å². The number of carbonyl (C=O) groups is 1. The van der Waals surface area contributed by atoms with Crippen molar-refractivity contribution in [3.05, 3.63) is 12.1 Å². The SMILES string of the molecule is COc1ccc(N2CCC[C@H](C(=O)NCC3CCOCC3)C2)nn1. The number of ether oxygens (including phenoxy) is 2. The van der Waals surface area contributed by atoms with Gasteiger partial charge < -0.3 is 19.7 Å². The summed E-state index contributed by atoms with van der Waals surface area (Å²) in [5.41, 5.74) is 0. The smallest absolute Gasteiger partial charge is 0.233 e. The Kier molecular flexibility index (Phi) is 5.85. The van der Waals surface area contributed by atoms with E-state index in [1.165, 1.54) is 0 Å². The second-order valence-electron chi connectivity index (χ2n) is 6.52. The molecule has 1 amide bonds. The first kappa shape index (κ1) is 17.0. The van der Waals surface area contributed by atoms with E-state index in [9.17, 15) is 4.79 Å². The van der Waals surface area contributed by atoms with Gasteiger partial charge in [0.15, 0.2) is 5.82 Å². The number of nitrogens with one attached hydrogen (secondary N) is 1. The summed E-state index contributed by atoms with van der Waals surface area (Å²) in [5, 5.41) is 11.3. The minimum Gasteiger partial charge on any atom is -0.480 e. The zero-order valence-electron chi connectivity index (χ0n) is 14.2. The minimum absolute atomic E-state index is 0.0162. The van der Waals surface area contributed by atoms with Crippen LogP contribution in [0, 0.1) is 11.8 Å². The molecule has 0 spiro atoms. The van der Waals surface area contributed by atoms with Gasteiger partial charge in [0.05, 0.1) is 13.0 Å². The van der Waals surface area contributed by atoms with Crippen LogP contribution in [0.1, 0.15) is 25.7 Å². The molecule has 0 saturated carbocycles. The van der Waals surface area contributed by atoms with Gasteiger partial charge in [-0.3, -0.25) is 4.79 Å². The summed E-state index contributed by atoms with van der Waals surface area (Å²) in [6.07, 6.45) is 4.00. The molecule has 24 heavy (non-hydrogen) atoms. The zero-order chi connectivity index (χ0) is 16.8. The van der Waals surface area contributed by atoms with Crippen molar-refractivity contribution in [1.82, 2.24) is 15.5 Å². The van der Waals surface area contributed by atoms with E-state index in [0.29, 0.717) is 18.3 Å². The van der Waals surface area contributed by atoms with E-state index in [4.69, 9.17) is 9.47 Å². The summed E-state index contributed by atoms with van der Waals surface area (Å²) in [5.74, 6) is 2.03. The van der Waals surface area contributed by atoms with Gasteiger partial charge in [0, 0.05) is 38.9 Å². The Bertz CT molecular complexity index is 531. The third-order valence-electron chi connectivity index (χ3n) is 4.86. The van der Waals surface area contributed by atoms with Gasteiger partial charge in [0.2, 0.25) is 11.8 Å². The lowest BCUT2D eigenvalue weighted by Gasteiger charge is -2.33. The van der Waals surface area contributed by atoms with Crippen molar-refractivity contribution in [3.63, 3.8) is 0 Å². The molecule has 0 aromatic carbocycles. The zero-order valence-corrected chi connectivity index (χ0v) is 14.2. The van der Waals surface area contributed by atoms with Crippen LogP contribution in [0.5, 0.6) is 5.88 Å². The normalized spacial score (nSPS) is 22.2. The monoisotopic (exact) mass is 334 g/mol. The number of amides is 1. The number of nitrogens with zero attached hydrogens (tertiary/aromatic N) is 3. The van der Waals surface area contributed by atoms with Gasteiger partial charge in [0.25, 0.3) is 0 Å². The number of anilines is 1. The molecule has 0 unspecified atom stereocenters. The molecule has 1 aromatic rings. The van der Waals surface area contributed by atoms with Crippen LogP contribution in [0.2, 0.25) is 0 Å². The Morgan fingerprint density at radius 1 is 1.33 bits per heavy atom. The summed E-state index contributed by atoms with van der Waals surface area (Å²) in [6.45, 7) is 3.99. The number of hydrogen-bond donors (Lipinski definition) is 1. The fourth-order valence-electron chi connectivity index (χ4n) is 3.33. The van der Waals surface area contributed by atoms with Crippen LogP contribution in [0.3, 0.4) is 0 Å². The average molecular weight is 334 g/mol. The maximum absolute atomic E-state index is 12.5. The average Bonchev–Trinajstić information content (AvgIpc) is 2.67. The Balaban J connectivity index is 1.51. The third kappa shape index (κ3) is 4.35. The highest BCUT2D eigenvalue weighted by Crippen LogP contribution is 2.22. The van der Waals surface area contributed by atoms with E-state index in [-0.39, 0.29) is 11.8 Å². The van der Waals surface area contributed by atoms with E-state index < -0.39 is 0 Å². The second-order valence-corrected chi connectivity index (χ2v) is 6.52. The molecule has 2 aliphatic heterocycles. The van der Waals surface area contributed by atoms with Crippen LogP contribution < -0.4 is 15.0 Å². The molecule has 3 rings (SSSR count). The van der Waals surface area contributed by atoms with Gasteiger partial charge in [-0.05, 0) is 37.7 Å². The first-order valence-electron chi connectivity index (χ1n) is 8.74. The van der Waals surface area contributed by atoms with Crippen molar-refractivity contribution in [1.29, 1.82) is 0 Å². The van der Waals surface area contributed by atoms with Gasteiger partial charge in [-0.25, -0.2) is 0 Å². The molecule has 2 fully saturated rings. The van der Waals surface area contributed by atoms with Crippen LogP contribution >= 0.6 is 0 Å². The molecule has 0 aliphatic carbocycles. The van der Waals surface area contributed by atoms with Crippen LogP contribution in [0.4, 0.5) is 5.82 Å². The van der Waals surface area contributed by atoms with Gasteiger partial charge in [-0.1, -0.05) is 0 Å². The highest BCUT2D eigenvalue weighted by atomic mass is 16.5. The Hall–Kier alpha value is -1.89. The van der Waals surface area contributed by atoms with E-state index in [1.54, 1.807) is 13.2 Å². The summed E-state index contributed by atoms with van der Waals surface area (Å²) in [6, 6.07) is 3.70. The molecule has 2 aliphatic rings. The fourth-order valence-corrected chi connectivity index (χ4v) is 3.33. The van der Waals surface area contributed by atoms with Crippen LogP contribution in [0.25, 0.3) is 0 Å². The van der Waals surface area contributed by atoms with Gasteiger partial charge in [-0.15, -0.1) is 10.2 Å². The fraction of sp³-hybridized carbons (Fsp3) is 0.706. The molecular formula is C17H26N4O3. The van der Waals surface area contributed by atoms with Crippen molar-refractivity contribution in [2.45, 2.75) is 25.7 Å². The quantitative estimate of drug-likeness (QED) is 0.873. The predicted molar refractivity (Wildman–Crippen MR) is 90.1 cm³/mol. The predicted octanol–water partition coefficient (Wildman–Crippen LogP) is 1.24. The molecule has 1 atom stereocenters. The lowest BCUT2D eigenvalue weighted by Crippen LogP contribution is -2.44. The number of aromatic nitrogens is 2. The molecular weight excluding hydrogens is 308 g/mol. The Labute approximate surface area is 142 Å². The number of piperidine rings is 1. The van der Waals surface area contributed by atoms with Gasteiger partial charge in [-0.2, -0.15) is 0 Å². The standard InChI is InChI=1S/C17H26N4O3/c1-23-16-5-4-15(19-20-16)21-8-2-3-14(12-21)17(22)18-11-13-6-9-24-10-7-13/h4-5,13-14H,2-3,6-12H2,1H3,(H,18,22)/t14-/m0/s1. The Morgan fingerprint density at radius 2 is 2.17 bits per heavy atom. The van der Waals surface area contributed by atoms with Crippen molar-refractivity contribution >= 4 is 11.7 Å². The summed E-state index contributed by atoms with van der Waals surface area (Å²) < 4.78 is 10.4. The summed E-state index contributed by atoms with van der Waals surface area (Å²) >= 11 is 0. The highest BCUT2D eigenvalue weighted by Gasteiger charge is 2.27. The lowest BCUT2D eigenvalue weighted by atomic mass is 9.96. The topological polar surface area (TPSA) is 76.6 Å². The maximum Gasteiger partial charge on any atom is 0.233 e. The summed E-state index contributed by atoms with van der Waals surface area (Å²) in [4.78, 5) is 14.6. The molecule has 3 heterocycles. The minimum atomic E-state index is 0.0162. The largest absolute Gasteiger partial charge is 0.480 e. The molecule has 1 aromatic heterocycles. The molecule has 7 heteroatoms. The van der Waals surface area contributed by atoms with Crippen molar-refractivity contribution in [2.24, 2.45) is 11.8 Å². The van der Waals surface area contributed by atoms with Crippen molar-refractivity contribution in [2.75, 3.05) is 44.9 Å². The van der Waals surface area contributed by atoms with Gasteiger partial charge in [0.1, 0.15) is 0 Å². The number of hydrogen-bond acceptors (Lipinski definition) is 6. The molecule has 2 saturated heterocycles. The van der Waals surface area contributed by atoms with E-state index in [0.717, 1.165) is 57.8 Å². The number of carbonyl (C=O) groups excluding carboxylic acids is 1.